The van der Waals surface area contributed by atoms with Crippen LogP contribution in [0.2, 0.25) is 0 Å². The summed E-state index contributed by atoms with van der Waals surface area (Å²) in [5.41, 5.74) is 2.63. The van der Waals surface area contributed by atoms with Gasteiger partial charge in [-0.3, -0.25) is 9.69 Å². The Kier molecular flexibility index (Phi) is 6.79. The van der Waals surface area contributed by atoms with E-state index in [4.69, 9.17) is 0 Å². The lowest BCUT2D eigenvalue weighted by atomic mass is 9.94. The number of carbonyl (C=O) groups excluding carboxylic acids is 2. The fourth-order valence-electron chi connectivity index (χ4n) is 3.02. The van der Waals surface area contributed by atoms with Gasteiger partial charge in [0, 0.05) is 19.1 Å². The zero-order valence-corrected chi connectivity index (χ0v) is 15.0. The summed E-state index contributed by atoms with van der Waals surface area (Å²) in [6.45, 7) is 7.68. The van der Waals surface area contributed by atoms with Crippen molar-refractivity contribution in [1.29, 1.82) is 0 Å². The van der Waals surface area contributed by atoms with Crippen LogP contribution in [-0.4, -0.2) is 36.5 Å². The van der Waals surface area contributed by atoms with Crippen LogP contribution in [0.1, 0.15) is 50.8 Å². The topological polar surface area (TPSA) is 61.4 Å². The molecule has 0 radical (unpaired) electrons. The Labute approximate surface area is 144 Å². The number of aryl methyl sites for hydroxylation is 1. The predicted octanol–water partition coefficient (Wildman–Crippen LogP) is 2.87. The lowest BCUT2D eigenvalue weighted by Gasteiger charge is -2.24. The van der Waals surface area contributed by atoms with Gasteiger partial charge in [0.05, 0.1) is 6.54 Å². The molecule has 1 aliphatic heterocycles. The van der Waals surface area contributed by atoms with Gasteiger partial charge in [0.15, 0.2) is 0 Å². The third kappa shape index (κ3) is 4.81. The molecule has 0 aliphatic carbocycles. The summed E-state index contributed by atoms with van der Waals surface area (Å²) in [6, 6.07) is 8.72. The van der Waals surface area contributed by atoms with Gasteiger partial charge in [-0.15, -0.1) is 0 Å². The zero-order chi connectivity index (χ0) is 17.5. The van der Waals surface area contributed by atoms with Crippen LogP contribution in [0, 0.1) is 5.92 Å². The van der Waals surface area contributed by atoms with Gasteiger partial charge in [0.25, 0.3) is 0 Å². The van der Waals surface area contributed by atoms with Crippen LogP contribution in [-0.2, 0) is 11.2 Å². The first-order valence-corrected chi connectivity index (χ1v) is 8.93. The maximum Gasteiger partial charge on any atom is 0.324 e. The van der Waals surface area contributed by atoms with Crippen LogP contribution in [0.15, 0.2) is 24.3 Å². The van der Waals surface area contributed by atoms with Gasteiger partial charge >= 0.3 is 6.03 Å². The Morgan fingerprint density at radius 2 is 1.92 bits per heavy atom. The van der Waals surface area contributed by atoms with Crippen molar-refractivity contribution in [2.75, 3.05) is 19.6 Å². The molecule has 0 aromatic heterocycles. The van der Waals surface area contributed by atoms with E-state index in [0.717, 1.165) is 6.42 Å². The number of imide groups is 1. The minimum absolute atomic E-state index is 0.117. The first kappa shape index (κ1) is 18.5. The second-order valence-electron chi connectivity index (χ2n) is 6.73. The average molecular weight is 331 g/mol. The van der Waals surface area contributed by atoms with Crippen LogP contribution in [0.5, 0.6) is 0 Å². The van der Waals surface area contributed by atoms with Crippen molar-refractivity contribution in [1.82, 2.24) is 15.5 Å². The molecule has 2 N–H and O–H groups in total. The molecule has 1 heterocycles. The standard InChI is InChI=1S/C19H29N3O2/c1-4-5-6-15-7-9-16(10-8-15)18(14(2)3)20-11-12-22-17(23)13-21-19(22)24/h7-10,14,18,20H,4-6,11-13H2,1-3H3,(H,21,24). The fourth-order valence-corrected chi connectivity index (χ4v) is 3.02. The highest BCUT2D eigenvalue weighted by Crippen LogP contribution is 2.22. The van der Waals surface area contributed by atoms with Crippen LogP contribution in [0.3, 0.4) is 0 Å². The lowest BCUT2D eigenvalue weighted by molar-refractivity contribution is -0.124. The summed E-state index contributed by atoms with van der Waals surface area (Å²) >= 11 is 0. The van der Waals surface area contributed by atoms with Crippen LogP contribution >= 0.6 is 0 Å². The van der Waals surface area contributed by atoms with E-state index in [0.29, 0.717) is 19.0 Å². The SMILES string of the molecule is CCCCc1ccc(C(NCCN2C(=O)CNC2=O)C(C)C)cc1. The van der Waals surface area contributed by atoms with E-state index in [1.807, 2.05) is 0 Å². The summed E-state index contributed by atoms with van der Waals surface area (Å²) in [6.07, 6.45) is 3.56. The summed E-state index contributed by atoms with van der Waals surface area (Å²) in [4.78, 5) is 24.4. The van der Waals surface area contributed by atoms with E-state index >= 15 is 0 Å². The molecule has 1 aliphatic rings. The Morgan fingerprint density at radius 1 is 1.21 bits per heavy atom. The Balaban J connectivity index is 1.91. The van der Waals surface area contributed by atoms with E-state index < -0.39 is 0 Å². The molecule has 5 heteroatoms. The van der Waals surface area contributed by atoms with Crippen LogP contribution in [0.25, 0.3) is 0 Å². The van der Waals surface area contributed by atoms with E-state index in [2.05, 4.69) is 55.7 Å². The molecule has 3 amide bonds. The van der Waals surface area contributed by atoms with Gasteiger partial charge in [-0.25, -0.2) is 4.79 Å². The summed E-state index contributed by atoms with van der Waals surface area (Å²) in [5, 5.41) is 6.04. The smallest absolute Gasteiger partial charge is 0.324 e. The number of amides is 3. The lowest BCUT2D eigenvalue weighted by Crippen LogP contribution is -2.38. The quantitative estimate of drug-likeness (QED) is 0.684. The number of benzene rings is 1. The molecule has 1 unspecified atom stereocenters. The number of hydrogen-bond donors (Lipinski definition) is 2. The largest absolute Gasteiger partial charge is 0.329 e. The number of carbonyl (C=O) groups is 2. The van der Waals surface area contributed by atoms with Crippen molar-refractivity contribution in [2.45, 2.75) is 46.1 Å². The molecule has 1 fully saturated rings. The maximum atomic E-state index is 11.6. The van der Waals surface area contributed by atoms with Gasteiger partial charge in [-0.2, -0.15) is 0 Å². The molecule has 2 rings (SSSR count). The van der Waals surface area contributed by atoms with Crippen molar-refractivity contribution < 1.29 is 9.59 Å². The van der Waals surface area contributed by atoms with Crippen molar-refractivity contribution in [3.05, 3.63) is 35.4 Å². The number of nitrogens with one attached hydrogen (secondary N) is 2. The molecule has 1 atom stereocenters. The summed E-state index contributed by atoms with van der Waals surface area (Å²) in [7, 11) is 0. The molecule has 5 nitrogen and oxygen atoms in total. The molecule has 1 aromatic rings. The Morgan fingerprint density at radius 3 is 2.46 bits per heavy atom. The number of hydrogen-bond acceptors (Lipinski definition) is 3. The number of rotatable bonds is 9. The van der Waals surface area contributed by atoms with E-state index in [9.17, 15) is 9.59 Å². The van der Waals surface area contributed by atoms with E-state index in [-0.39, 0.29) is 24.5 Å². The highest BCUT2D eigenvalue weighted by molar-refractivity contribution is 6.01. The Bertz CT molecular complexity index is 538. The van der Waals surface area contributed by atoms with E-state index in [1.165, 1.54) is 28.9 Å². The molecular formula is C19H29N3O2. The number of nitrogens with zero attached hydrogens (tertiary/aromatic N) is 1. The molecule has 132 valence electrons. The van der Waals surface area contributed by atoms with Crippen molar-refractivity contribution in [3.8, 4) is 0 Å². The predicted molar refractivity (Wildman–Crippen MR) is 95.7 cm³/mol. The van der Waals surface area contributed by atoms with Crippen molar-refractivity contribution >= 4 is 11.9 Å². The average Bonchev–Trinajstić information content (AvgIpc) is 2.89. The second-order valence-corrected chi connectivity index (χ2v) is 6.73. The first-order valence-electron chi connectivity index (χ1n) is 8.93. The summed E-state index contributed by atoms with van der Waals surface area (Å²) in [5.74, 6) is 0.276. The van der Waals surface area contributed by atoms with Gasteiger partial charge in [0.1, 0.15) is 0 Å². The Hall–Kier alpha value is -1.88. The molecule has 24 heavy (non-hydrogen) atoms. The third-order valence-electron chi connectivity index (χ3n) is 4.46. The van der Waals surface area contributed by atoms with Crippen molar-refractivity contribution in [2.24, 2.45) is 5.92 Å². The molecule has 0 saturated carbocycles. The van der Waals surface area contributed by atoms with Crippen molar-refractivity contribution in [3.63, 3.8) is 0 Å². The van der Waals surface area contributed by atoms with Gasteiger partial charge in [-0.05, 0) is 29.9 Å². The highest BCUT2D eigenvalue weighted by Gasteiger charge is 2.28. The minimum Gasteiger partial charge on any atom is -0.329 e. The highest BCUT2D eigenvalue weighted by atomic mass is 16.2. The van der Waals surface area contributed by atoms with Gasteiger partial charge in [-0.1, -0.05) is 51.5 Å². The third-order valence-corrected chi connectivity index (χ3v) is 4.46. The van der Waals surface area contributed by atoms with Crippen LogP contribution < -0.4 is 10.6 Å². The fraction of sp³-hybridized carbons (Fsp3) is 0.579. The monoisotopic (exact) mass is 331 g/mol. The van der Waals surface area contributed by atoms with Gasteiger partial charge < -0.3 is 10.6 Å². The van der Waals surface area contributed by atoms with E-state index in [1.54, 1.807) is 0 Å². The first-order chi connectivity index (χ1) is 11.5. The zero-order valence-electron chi connectivity index (χ0n) is 15.0. The number of unbranched alkanes of at least 4 members (excludes halogenated alkanes) is 1. The van der Waals surface area contributed by atoms with Crippen LogP contribution in [0.4, 0.5) is 4.79 Å². The minimum atomic E-state index is -0.289. The normalized spacial score (nSPS) is 15.9. The molecule has 1 aromatic carbocycles. The molecule has 1 saturated heterocycles. The molecule has 0 bridgehead atoms. The van der Waals surface area contributed by atoms with Gasteiger partial charge in [0.2, 0.25) is 5.91 Å². The second kappa shape index (κ2) is 8.83. The summed E-state index contributed by atoms with van der Waals surface area (Å²) < 4.78 is 0. The molecule has 0 spiro atoms. The maximum absolute atomic E-state index is 11.6. The number of urea groups is 1. The molecular weight excluding hydrogens is 302 g/mol.